The van der Waals surface area contributed by atoms with Gasteiger partial charge >= 0.3 is 0 Å². The van der Waals surface area contributed by atoms with Gasteiger partial charge in [0.25, 0.3) is 0 Å². The lowest BCUT2D eigenvalue weighted by Gasteiger charge is -2.36. The van der Waals surface area contributed by atoms with E-state index in [1.54, 1.807) is 26.4 Å². The Kier molecular flexibility index (Phi) is 8.62. The van der Waals surface area contributed by atoms with Gasteiger partial charge in [-0.05, 0) is 26.0 Å². The van der Waals surface area contributed by atoms with Crippen molar-refractivity contribution < 1.29 is 24.1 Å². The minimum absolute atomic E-state index is 0. The van der Waals surface area contributed by atoms with Crippen LogP contribution in [0.3, 0.4) is 0 Å². The highest BCUT2D eigenvalue weighted by atomic mass is 35.5. The van der Waals surface area contributed by atoms with Gasteiger partial charge in [0, 0.05) is 19.6 Å². The molecule has 2 rings (SSSR count). The van der Waals surface area contributed by atoms with E-state index in [0.29, 0.717) is 23.8 Å². The number of nitrogens with zero attached hydrogens (tertiary/aromatic N) is 1. The van der Waals surface area contributed by atoms with Crippen molar-refractivity contribution in [3.8, 4) is 17.2 Å². The maximum atomic E-state index is 10.3. The molecule has 3 atom stereocenters. The number of halogens is 1. The van der Waals surface area contributed by atoms with Crippen LogP contribution in [-0.4, -0.2) is 68.8 Å². The molecule has 1 aromatic rings. The molecular formula is C17H28ClNO5. The van der Waals surface area contributed by atoms with E-state index in [1.165, 1.54) is 0 Å². The molecule has 1 N–H and O–H groups in total. The summed E-state index contributed by atoms with van der Waals surface area (Å²) in [5, 5.41) is 10.3. The van der Waals surface area contributed by atoms with Crippen molar-refractivity contribution in [2.24, 2.45) is 0 Å². The number of hydrogen-bond acceptors (Lipinski definition) is 6. The summed E-state index contributed by atoms with van der Waals surface area (Å²) in [5.74, 6) is 1.69. The molecular weight excluding hydrogens is 334 g/mol. The average Bonchev–Trinajstić information content (AvgIpc) is 2.51. The van der Waals surface area contributed by atoms with Crippen molar-refractivity contribution >= 4 is 12.4 Å². The van der Waals surface area contributed by atoms with E-state index in [0.717, 1.165) is 13.1 Å². The first-order chi connectivity index (χ1) is 11.0. The smallest absolute Gasteiger partial charge is 0.203 e. The maximum Gasteiger partial charge on any atom is 0.203 e. The molecule has 6 nitrogen and oxygen atoms in total. The summed E-state index contributed by atoms with van der Waals surface area (Å²) >= 11 is 0. The summed E-state index contributed by atoms with van der Waals surface area (Å²) in [7, 11) is 3.16. The first kappa shape index (κ1) is 20.8. The van der Waals surface area contributed by atoms with Crippen LogP contribution in [0.5, 0.6) is 17.2 Å². The number of para-hydroxylation sites is 1. The largest absolute Gasteiger partial charge is 0.493 e. The Morgan fingerprint density at radius 2 is 1.71 bits per heavy atom. The average molecular weight is 362 g/mol. The highest BCUT2D eigenvalue weighted by Crippen LogP contribution is 2.36. The number of aliphatic hydroxyl groups is 1. The Morgan fingerprint density at radius 3 is 2.21 bits per heavy atom. The molecule has 0 spiro atoms. The summed E-state index contributed by atoms with van der Waals surface area (Å²) in [4.78, 5) is 2.20. The topological polar surface area (TPSA) is 60.4 Å². The second-order valence-corrected chi connectivity index (χ2v) is 5.93. The number of hydrogen-bond donors (Lipinski definition) is 1. The van der Waals surface area contributed by atoms with E-state index >= 15 is 0 Å². The summed E-state index contributed by atoms with van der Waals surface area (Å²) in [6, 6.07) is 5.43. The van der Waals surface area contributed by atoms with Gasteiger partial charge in [0.1, 0.15) is 12.7 Å². The molecule has 138 valence electrons. The third-order valence-corrected chi connectivity index (χ3v) is 3.77. The molecule has 0 bridgehead atoms. The van der Waals surface area contributed by atoms with E-state index in [2.05, 4.69) is 4.90 Å². The van der Waals surface area contributed by atoms with Gasteiger partial charge in [-0.25, -0.2) is 0 Å². The minimum Gasteiger partial charge on any atom is -0.493 e. The third kappa shape index (κ3) is 5.70. The third-order valence-electron chi connectivity index (χ3n) is 3.77. The molecule has 0 saturated carbocycles. The zero-order chi connectivity index (χ0) is 16.8. The van der Waals surface area contributed by atoms with Gasteiger partial charge in [-0.15, -0.1) is 12.4 Å². The fourth-order valence-corrected chi connectivity index (χ4v) is 2.92. The molecule has 0 amide bonds. The zero-order valence-corrected chi connectivity index (χ0v) is 15.5. The monoisotopic (exact) mass is 361 g/mol. The van der Waals surface area contributed by atoms with Crippen molar-refractivity contribution in [2.75, 3.05) is 40.5 Å². The summed E-state index contributed by atoms with van der Waals surface area (Å²) < 4.78 is 22.0. The quantitative estimate of drug-likeness (QED) is 0.801. The maximum absolute atomic E-state index is 10.3. The van der Waals surface area contributed by atoms with E-state index in [1.807, 2.05) is 19.9 Å². The van der Waals surface area contributed by atoms with Crippen LogP contribution < -0.4 is 14.2 Å². The van der Waals surface area contributed by atoms with Crippen LogP contribution >= 0.6 is 12.4 Å². The molecule has 1 aliphatic rings. The van der Waals surface area contributed by atoms with Gasteiger partial charge in [-0.3, -0.25) is 4.90 Å². The van der Waals surface area contributed by atoms with Gasteiger partial charge < -0.3 is 24.1 Å². The van der Waals surface area contributed by atoms with Crippen molar-refractivity contribution in [1.29, 1.82) is 0 Å². The Labute approximate surface area is 150 Å². The minimum atomic E-state index is -0.595. The number of ether oxygens (including phenoxy) is 4. The molecule has 0 aromatic heterocycles. The number of aliphatic hydroxyl groups excluding tert-OH is 1. The number of β-amino-alcohol motifs (C(OH)–C–C–N with tert-alkyl or cyclic N) is 1. The van der Waals surface area contributed by atoms with Crippen molar-refractivity contribution in [1.82, 2.24) is 4.90 Å². The zero-order valence-electron chi connectivity index (χ0n) is 14.7. The Balaban J connectivity index is 0.00000288. The first-order valence-corrected chi connectivity index (χ1v) is 7.93. The first-order valence-electron chi connectivity index (χ1n) is 7.93. The molecule has 7 heteroatoms. The van der Waals surface area contributed by atoms with Crippen LogP contribution in [0.1, 0.15) is 13.8 Å². The molecule has 1 fully saturated rings. The highest BCUT2D eigenvalue weighted by molar-refractivity contribution is 5.85. The normalized spacial score (nSPS) is 22.4. The SMILES string of the molecule is COc1cccc(OC)c1OCC(O)CN1CC(C)OC(C)C1.Cl. The summed E-state index contributed by atoms with van der Waals surface area (Å²) in [5.41, 5.74) is 0. The van der Waals surface area contributed by atoms with E-state index < -0.39 is 6.10 Å². The van der Waals surface area contributed by atoms with E-state index in [4.69, 9.17) is 18.9 Å². The van der Waals surface area contributed by atoms with Crippen molar-refractivity contribution in [3.05, 3.63) is 18.2 Å². The lowest BCUT2D eigenvalue weighted by atomic mass is 10.2. The summed E-state index contributed by atoms with van der Waals surface area (Å²) in [6.07, 6.45) is -0.232. The van der Waals surface area contributed by atoms with Crippen LogP contribution in [-0.2, 0) is 4.74 Å². The Morgan fingerprint density at radius 1 is 1.17 bits per heavy atom. The lowest BCUT2D eigenvalue weighted by Crippen LogP contribution is -2.48. The molecule has 24 heavy (non-hydrogen) atoms. The van der Waals surface area contributed by atoms with Crippen LogP contribution in [0.15, 0.2) is 18.2 Å². The highest BCUT2D eigenvalue weighted by Gasteiger charge is 2.24. The van der Waals surface area contributed by atoms with Crippen LogP contribution in [0, 0.1) is 0 Å². The molecule has 0 aliphatic carbocycles. The standard InChI is InChI=1S/C17H27NO5.ClH/c1-12-8-18(9-13(2)23-12)10-14(19)11-22-17-15(20-3)6-5-7-16(17)21-4;/h5-7,12-14,19H,8-11H2,1-4H3;1H. The van der Waals surface area contributed by atoms with Crippen LogP contribution in [0.25, 0.3) is 0 Å². The molecule has 3 unspecified atom stereocenters. The second-order valence-electron chi connectivity index (χ2n) is 5.93. The number of benzene rings is 1. The van der Waals surface area contributed by atoms with Gasteiger partial charge in [0.05, 0.1) is 26.4 Å². The lowest BCUT2D eigenvalue weighted by molar-refractivity contribution is -0.0787. The number of methoxy groups -OCH3 is 2. The fourth-order valence-electron chi connectivity index (χ4n) is 2.92. The van der Waals surface area contributed by atoms with Gasteiger partial charge in [-0.2, -0.15) is 0 Å². The second kappa shape index (κ2) is 9.93. The predicted octanol–water partition coefficient (Wildman–Crippen LogP) is 1.97. The fraction of sp³-hybridized carbons (Fsp3) is 0.647. The van der Waals surface area contributed by atoms with E-state index in [9.17, 15) is 5.11 Å². The number of rotatable bonds is 7. The van der Waals surface area contributed by atoms with Crippen molar-refractivity contribution in [2.45, 2.75) is 32.2 Å². The molecule has 1 saturated heterocycles. The van der Waals surface area contributed by atoms with Crippen LogP contribution in [0.4, 0.5) is 0 Å². The van der Waals surface area contributed by atoms with Gasteiger partial charge in [0.15, 0.2) is 11.5 Å². The van der Waals surface area contributed by atoms with Gasteiger partial charge in [-0.1, -0.05) is 6.07 Å². The van der Waals surface area contributed by atoms with Gasteiger partial charge in [0.2, 0.25) is 5.75 Å². The van der Waals surface area contributed by atoms with Crippen LogP contribution in [0.2, 0.25) is 0 Å². The van der Waals surface area contributed by atoms with Crippen molar-refractivity contribution in [3.63, 3.8) is 0 Å². The molecule has 0 radical (unpaired) electrons. The van der Waals surface area contributed by atoms with E-state index in [-0.39, 0.29) is 31.2 Å². The molecule has 1 heterocycles. The molecule has 1 aromatic carbocycles. The predicted molar refractivity (Wildman–Crippen MR) is 94.7 cm³/mol. The molecule has 1 aliphatic heterocycles. The number of morpholine rings is 1. The Hall–Kier alpha value is -1.21. The summed E-state index contributed by atoms with van der Waals surface area (Å²) in [6.45, 7) is 6.46. The Bertz CT molecular complexity index is 470.